The van der Waals surface area contributed by atoms with E-state index >= 15 is 0 Å². The van der Waals surface area contributed by atoms with Gasteiger partial charge in [0, 0.05) is 11.3 Å². The molecule has 4 rings (SSSR count). The molecular weight excluding hydrogens is 400 g/mol. The molecule has 30 heavy (non-hydrogen) atoms. The van der Waals surface area contributed by atoms with Crippen molar-refractivity contribution in [3.8, 4) is 6.07 Å². The molecule has 2 heterocycles. The van der Waals surface area contributed by atoms with Crippen LogP contribution in [0.4, 0.5) is 5.69 Å². The molecule has 1 aliphatic carbocycles. The van der Waals surface area contributed by atoms with Crippen molar-refractivity contribution in [2.45, 2.75) is 44.4 Å². The van der Waals surface area contributed by atoms with Gasteiger partial charge in [0.1, 0.15) is 22.1 Å². The van der Waals surface area contributed by atoms with Crippen molar-refractivity contribution in [1.29, 1.82) is 5.26 Å². The van der Waals surface area contributed by atoms with Crippen LogP contribution in [-0.4, -0.2) is 30.8 Å². The first-order valence-corrected chi connectivity index (χ1v) is 12.1. The lowest BCUT2D eigenvalue weighted by Crippen LogP contribution is -2.23. The van der Waals surface area contributed by atoms with E-state index in [0.29, 0.717) is 12.8 Å². The van der Waals surface area contributed by atoms with Gasteiger partial charge in [-0.05, 0) is 67.7 Å². The van der Waals surface area contributed by atoms with Crippen LogP contribution in [0.2, 0.25) is 0 Å². The summed E-state index contributed by atoms with van der Waals surface area (Å²) in [5, 5.41) is 11.9. The van der Waals surface area contributed by atoms with E-state index in [1.54, 1.807) is 0 Å². The molecule has 0 saturated carbocycles. The number of carbonyl (C=O) groups is 1. The third-order valence-electron chi connectivity index (χ3n) is 5.92. The maximum absolute atomic E-state index is 12.7. The second-order valence-electron chi connectivity index (χ2n) is 7.97. The number of aromatic nitrogens is 2. The SMILES string of the molecule is N#Cc1c[nH+]c(C(=O)Nc2ccc(C3CCS(=O)(=O)CC3)cc2C2=CCCCC2)[nH]1. The number of nitrogens with one attached hydrogen (secondary N) is 3. The molecule has 2 aromatic rings. The molecule has 2 aliphatic rings. The molecule has 7 nitrogen and oxygen atoms in total. The molecular formula is C22H25N4O3S+. The van der Waals surface area contributed by atoms with Gasteiger partial charge in [0.05, 0.1) is 11.5 Å². The molecule has 0 bridgehead atoms. The lowest BCUT2D eigenvalue weighted by atomic mass is 9.87. The molecule has 0 radical (unpaired) electrons. The fourth-order valence-electron chi connectivity index (χ4n) is 4.22. The number of nitriles is 1. The summed E-state index contributed by atoms with van der Waals surface area (Å²) in [6, 6.07) is 7.98. The highest BCUT2D eigenvalue weighted by Gasteiger charge is 2.26. The molecule has 1 aromatic heterocycles. The maximum atomic E-state index is 12.7. The van der Waals surface area contributed by atoms with Crippen molar-refractivity contribution in [2.24, 2.45) is 0 Å². The number of anilines is 1. The van der Waals surface area contributed by atoms with Crippen LogP contribution in [0.25, 0.3) is 5.57 Å². The van der Waals surface area contributed by atoms with Gasteiger partial charge in [0.15, 0.2) is 0 Å². The molecule has 0 unspecified atom stereocenters. The van der Waals surface area contributed by atoms with Gasteiger partial charge in [-0.15, -0.1) is 0 Å². The molecule has 156 valence electrons. The largest absolute Gasteiger partial charge is 0.344 e. The maximum Gasteiger partial charge on any atom is 0.344 e. The van der Waals surface area contributed by atoms with Crippen LogP contribution in [0, 0.1) is 11.3 Å². The minimum Gasteiger partial charge on any atom is -0.315 e. The van der Waals surface area contributed by atoms with E-state index in [-0.39, 0.29) is 34.8 Å². The highest BCUT2D eigenvalue weighted by Crippen LogP contribution is 2.36. The van der Waals surface area contributed by atoms with Gasteiger partial charge in [0.2, 0.25) is 5.69 Å². The predicted molar refractivity (Wildman–Crippen MR) is 114 cm³/mol. The topological polar surface area (TPSA) is 117 Å². The highest BCUT2D eigenvalue weighted by atomic mass is 32.2. The zero-order chi connectivity index (χ0) is 21.1. The Balaban J connectivity index is 1.63. The Hall–Kier alpha value is -2.92. The van der Waals surface area contributed by atoms with E-state index in [1.165, 1.54) is 18.2 Å². The monoisotopic (exact) mass is 425 g/mol. The first-order valence-electron chi connectivity index (χ1n) is 10.3. The molecule has 1 aromatic carbocycles. The average molecular weight is 426 g/mol. The second kappa shape index (κ2) is 8.44. The number of nitrogens with zero attached hydrogens (tertiary/aromatic N) is 1. The van der Waals surface area contributed by atoms with Crippen LogP contribution in [0.3, 0.4) is 0 Å². The van der Waals surface area contributed by atoms with E-state index in [9.17, 15) is 13.2 Å². The Morgan fingerprint density at radius 3 is 2.70 bits per heavy atom. The van der Waals surface area contributed by atoms with Gasteiger partial charge >= 0.3 is 11.7 Å². The number of rotatable bonds is 4. The number of hydrogen-bond donors (Lipinski definition) is 2. The predicted octanol–water partition coefficient (Wildman–Crippen LogP) is 3.20. The first kappa shape index (κ1) is 20.4. The second-order valence-corrected chi connectivity index (χ2v) is 10.3. The molecule has 1 aliphatic heterocycles. The van der Waals surface area contributed by atoms with E-state index in [1.807, 2.05) is 18.2 Å². The lowest BCUT2D eigenvalue weighted by molar-refractivity contribution is -0.379. The van der Waals surface area contributed by atoms with Crippen LogP contribution in [-0.2, 0) is 9.84 Å². The Morgan fingerprint density at radius 2 is 2.03 bits per heavy atom. The van der Waals surface area contributed by atoms with Crippen molar-refractivity contribution < 1.29 is 18.2 Å². The van der Waals surface area contributed by atoms with E-state index in [2.05, 4.69) is 27.4 Å². The molecule has 8 heteroatoms. The number of benzene rings is 1. The molecule has 0 atom stereocenters. The van der Waals surface area contributed by atoms with E-state index in [4.69, 9.17) is 5.26 Å². The van der Waals surface area contributed by atoms with Crippen LogP contribution in [0.5, 0.6) is 0 Å². The fourth-order valence-corrected chi connectivity index (χ4v) is 5.71. The number of imidazole rings is 1. The smallest absolute Gasteiger partial charge is 0.315 e. The van der Waals surface area contributed by atoms with E-state index in [0.717, 1.165) is 36.1 Å². The lowest BCUT2D eigenvalue weighted by Gasteiger charge is -2.24. The molecule has 1 saturated heterocycles. The molecule has 1 amide bonds. The van der Waals surface area contributed by atoms with Gasteiger partial charge in [0.25, 0.3) is 0 Å². The Morgan fingerprint density at radius 1 is 1.23 bits per heavy atom. The fraction of sp³-hybridized carbons (Fsp3) is 0.409. The number of aromatic amines is 2. The van der Waals surface area contributed by atoms with Crippen molar-refractivity contribution in [2.75, 3.05) is 16.8 Å². The summed E-state index contributed by atoms with van der Waals surface area (Å²) in [4.78, 5) is 18.2. The zero-order valence-corrected chi connectivity index (χ0v) is 17.5. The number of hydrogen-bond acceptors (Lipinski definition) is 4. The van der Waals surface area contributed by atoms with Gasteiger partial charge in [-0.1, -0.05) is 12.1 Å². The third-order valence-corrected chi connectivity index (χ3v) is 7.64. The van der Waals surface area contributed by atoms with Crippen LogP contribution >= 0.6 is 0 Å². The number of carbonyl (C=O) groups excluding carboxylic acids is 1. The summed E-state index contributed by atoms with van der Waals surface area (Å²) in [5.74, 6) is 0.564. The standard InChI is InChI=1S/C22H24N4O3S/c23-13-18-14-24-21(25-18)22(27)26-20-7-6-17(15-8-10-30(28,29)11-9-15)12-19(20)16-4-2-1-3-5-16/h4,6-7,12,14-15H,1-3,5,8-11H2,(H,24,25)(H,26,27)/p+1. The van der Waals surface area contributed by atoms with Crippen molar-refractivity contribution >= 4 is 27.0 Å². The third kappa shape index (κ3) is 4.46. The van der Waals surface area contributed by atoms with Crippen LogP contribution in [0.15, 0.2) is 30.5 Å². The number of sulfone groups is 1. The Labute approximate surface area is 176 Å². The number of H-pyrrole nitrogens is 2. The average Bonchev–Trinajstić information content (AvgIpc) is 3.24. The quantitative estimate of drug-likeness (QED) is 0.782. The summed E-state index contributed by atoms with van der Waals surface area (Å²) in [7, 11) is -2.91. The molecule has 3 N–H and O–H groups in total. The van der Waals surface area contributed by atoms with Crippen molar-refractivity contribution in [3.63, 3.8) is 0 Å². The van der Waals surface area contributed by atoms with Crippen molar-refractivity contribution in [1.82, 2.24) is 4.98 Å². The van der Waals surface area contributed by atoms with Crippen LogP contribution < -0.4 is 10.3 Å². The molecule has 0 spiro atoms. The summed E-state index contributed by atoms with van der Waals surface area (Å²) < 4.78 is 23.6. The summed E-state index contributed by atoms with van der Waals surface area (Å²) >= 11 is 0. The summed E-state index contributed by atoms with van der Waals surface area (Å²) in [6.45, 7) is 0. The highest BCUT2D eigenvalue weighted by molar-refractivity contribution is 7.91. The summed E-state index contributed by atoms with van der Waals surface area (Å²) in [5.41, 5.74) is 4.36. The van der Waals surface area contributed by atoms with Gasteiger partial charge in [-0.2, -0.15) is 5.26 Å². The van der Waals surface area contributed by atoms with Gasteiger partial charge < -0.3 is 5.32 Å². The zero-order valence-electron chi connectivity index (χ0n) is 16.7. The van der Waals surface area contributed by atoms with Crippen LogP contribution in [0.1, 0.15) is 71.9 Å². The number of allylic oxidation sites excluding steroid dienone is 2. The normalized spacial score (nSPS) is 19.0. The Kier molecular flexibility index (Phi) is 5.73. The summed E-state index contributed by atoms with van der Waals surface area (Å²) in [6.07, 6.45) is 9.23. The minimum absolute atomic E-state index is 0.219. The first-order chi connectivity index (χ1) is 14.4. The Bertz CT molecular complexity index is 1130. The minimum atomic E-state index is -2.91. The number of amides is 1. The molecule has 1 fully saturated rings. The van der Waals surface area contributed by atoms with E-state index < -0.39 is 9.84 Å². The van der Waals surface area contributed by atoms with Crippen molar-refractivity contribution in [3.05, 3.63) is 53.1 Å². The van der Waals surface area contributed by atoms with Gasteiger partial charge in [-0.3, -0.25) is 4.79 Å². The van der Waals surface area contributed by atoms with Gasteiger partial charge in [-0.25, -0.2) is 18.4 Å².